The van der Waals surface area contributed by atoms with Gasteiger partial charge in [0, 0.05) is 42.8 Å². The minimum atomic E-state index is -3.97. The topological polar surface area (TPSA) is 111 Å². The van der Waals surface area contributed by atoms with Crippen molar-refractivity contribution in [1.29, 1.82) is 0 Å². The number of fused-ring (bicyclic) bond motifs is 3. The number of halogens is 1. The summed E-state index contributed by atoms with van der Waals surface area (Å²) in [7, 11) is -2.21. The fraction of sp³-hybridized carbons (Fsp3) is 0.526. The molecule has 1 N–H and O–H groups in total. The highest BCUT2D eigenvalue weighted by atomic mass is 35.5. The number of amides is 1. The second kappa shape index (κ2) is 14.5. The van der Waals surface area contributed by atoms with E-state index < -0.39 is 26.8 Å². The summed E-state index contributed by atoms with van der Waals surface area (Å²) in [6, 6.07) is 11.2. The van der Waals surface area contributed by atoms with Gasteiger partial charge in [-0.1, -0.05) is 41.9 Å². The van der Waals surface area contributed by atoms with Crippen LogP contribution in [0, 0.1) is 31.6 Å². The summed E-state index contributed by atoms with van der Waals surface area (Å²) in [6.45, 7) is 9.32. The number of allylic oxidation sites excluding steroid dienone is 1. The van der Waals surface area contributed by atoms with Gasteiger partial charge < -0.3 is 18.9 Å². The molecule has 1 fully saturated rings. The fourth-order valence-corrected chi connectivity index (χ4v) is 9.03. The molecular weight excluding hydrogens is 662 g/mol. The Labute approximate surface area is 295 Å². The van der Waals surface area contributed by atoms with E-state index in [4.69, 9.17) is 25.6 Å². The lowest BCUT2D eigenvalue weighted by Crippen LogP contribution is -2.52. The summed E-state index contributed by atoms with van der Waals surface area (Å²) in [5, 5.41) is 4.31. The first-order chi connectivity index (χ1) is 23.4. The molecule has 0 spiro atoms. The van der Waals surface area contributed by atoms with Gasteiger partial charge in [0.25, 0.3) is 5.91 Å². The summed E-state index contributed by atoms with van der Waals surface area (Å²) in [5.41, 5.74) is 4.52. The molecular formula is C38H48ClN3O6S. The van der Waals surface area contributed by atoms with Crippen LogP contribution in [0.25, 0.3) is 0 Å². The average molecular weight is 710 g/mol. The van der Waals surface area contributed by atoms with E-state index in [0.717, 1.165) is 73.5 Å². The van der Waals surface area contributed by atoms with Crippen molar-refractivity contribution in [2.75, 3.05) is 25.1 Å². The third kappa shape index (κ3) is 7.42. The summed E-state index contributed by atoms with van der Waals surface area (Å²) in [4.78, 5) is 15.9. The monoisotopic (exact) mass is 709 g/mol. The highest BCUT2D eigenvalue weighted by Crippen LogP contribution is 2.48. The van der Waals surface area contributed by atoms with Crippen LogP contribution < -0.4 is 14.4 Å². The van der Waals surface area contributed by atoms with Crippen LogP contribution in [-0.4, -0.2) is 50.5 Å². The summed E-state index contributed by atoms with van der Waals surface area (Å²) < 4.78 is 47.9. The fourth-order valence-electron chi connectivity index (χ4n) is 7.55. The van der Waals surface area contributed by atoms with Gasteiger partial charge in [0.2, 0.25) is 10.0 Å². The standard InChI is InChI=1S/C38H48ClN3O6S/c1-24-9-8-17-38(46-5,21-34-25(2)26(3)48-40-34)33-15-12-30(33)22-42-18-7-6-10-28-19-32(39)14-11-31(28)23-47-36-16-13-29(20-35(36)42)37(43)41-49(44,45)27(24)4/h8,11,13-14,16-17,19-20,24,27,30,33H,6-7,9-10,12,15,18,21-23H2,1-5H3,(H,41,43)/b17-8+/t24-,27+,30-,33+,38-/m0/s1. The van der Waals surface area contributed by atoms with E-state index in [0.29, 0.717) is 30.2 Å². The van der Waals surface area contributed by atoms with Crippen LogP contribution in [0.5, 0.6) is 5.75 Å². The number of ether oxygens (including phenoxy) is 2. The zero-order valence-electron chi connectivity index (χ0n) is 29.1. The van der Waals surface area contributed by atoms with Crippen LogP contribution in [0.4, 0.5) is 5.69 Å². The number of aromatic nitrogens is 1. The lowest BCUT2D eigenvalue weighted by atomic mass is 9.62. The molecule has 11 heteroatoms. The molecule has 49 heavy (non-hydrogen) atoms. The van der Waals surface area contributed by atoms with Crippen LogP contribution in [-0.2, 0) is 34.2 Å². The van der Waals surface area contributed by atoms with Gasteiger partial charge in [-0.2, -0.15) is 0 Å². The first-order valence-electron chi connectivity index (χ1n) is 17.4. The number of carbonyl (C=O) groups is 1. The average Bonchev–Trinajstić information content (AvgIpc) is 3.36. The number of hydrogen-bond donors (Lipinski definition) is 1. The summed E-state index contributed by atoms with van der Waals surface area (Å²) in [5.74, 6) is 0.999. The second-order valence-electron chi connectivity index (χ2n) is 14.2. The predicted octanol–water partition coefficient (Wildman–Crippen LogP) is 7.36. The van der Waals surface area contributed by atoms with Gasteiger partial charge in [0.15, 0.2) is 0 Å². The molecule has 3 aliphatic rings. The first-order valence-corrected chi connectivity index (χ1v) is 19.3. The molecule has 3 heterocycles. The first kappa shape index (κ1) is 35.5. The van der Waals surface area contributed by atoms with Crippen molar-refractivity contribution in [3.05, 3.63) is 87.3 Å². The normalized spacial score (nSPS) is 28.1. The van der Waals surface area contributed by atoms with E-state index in [1.807, 2.05) is 39.0 Å². The number of sulfonamides is 1. The van der Waals surface area contributed by atoms with Crippen molar-refractivity contribution in [3.8, 4) is 5.75 Å². The Hall–Kier alpha value is -3.34. The van der Waals surface area contributed by atoms with Gasteiger partial charge in [-0.05, 0) is 119 Å². The van der Waals surface area contributed by atoms with Gasteiger partial charge in [-0.25, -0.2) is 13.1 Å². The number of aryl methyl sites for hydroxylation is 2. The van der Waals surface area contributed by atoms with E-state index in [9.17, 15) is 13.2 Å². The molecule has 2 bridgehead atoms. The van der Waals surface area contributed by atoms with Crippen molar-refractivity contribution in [2.24, 2.45) is 17.8 Å². The summed E-state index contributed by atoms with van der Waals surface area (Å²) >= 11 is 6.38. The minimum absolute atomic E-state index is 0.176. The van der Waals surface area contributed by atoms with Crippen molar-refractivity contribution in [3.63, 3.8) is 0 Å². The third-order valence-corrected chi connectivity index (χ3v) is 13.4. The minimum Gasteiger partial charge on any atom is -0.487 e. The second-order valence-corrected chi connectivity index (χ2v) is 16.6. The molecule has 5 atom stereocenters. The molecule has 9 nitrogen and oxygen atoms in total. The Morgan fingerprint density at radius 1 is 1.10 bits per heavy atom. The molecule has 0 unspecified atom stereocenters. The number of hydrogen-bond acceptors (Lipinski definition) is 8. The Balaban J connectivity index is 1.43. The van der Waals surface area contributed by atoms with Crippen LogP contribution in [0.15, 0.2) is 53.1 Å². The largest absolute Gasteiger partial charge is 0.487 e. The van der Waals surface area contributed by atoms with E-state index >= 15 is 0 Å². The molecule has 3 aromatic rings. The van der Waals surface area contributed by atoms with Crippen molar-refractivity contribution in [1.82, 2.24) is 9.88 Å². The van der Waals surface area contributed by atoms with Crippen molar-refractivity contribution in [2.45, 2.75) is 90.1 Å². The smallest absolute Gasteiger partial charge is 0.264 e. The molecule has 1 saturated carbocycles. The van der Waals surface area contributed by atoms with Crippen LogP contribution in [0.3, 0.4) is 0 Å². The molecule has 1 amide bonds. The number of nitrogens with one attached hydrogen (secondary N) is 1. The molecule has 264 valence electrons. The highest BCUT2D eigenvalue weighted by molar-refractivity contribution is 7.90. The molecule has 6 rings (SSSR count). The number of anilines is 1. The summed E-state index contributed by atoms with van der Waals surface area (Å²) in [6.07, 6.45) is 10.0. The lowest BCUT2D eigenvalue weighted by Gasteiger charge is -2.50. The van der Waals surface area contributed by atoms with Gasteiger partial charge in [0.1, 0.15) is 18.1 Å². The Morgan fingerprint density at radius 2 is 1.92 bits per heavy atom. The van der Waals surface area contributed by atoms with Gasteiger partial charge in [0.05, 0.1) is 22.2 Å². The van der Waals surface area contributed by atoms with E-state index in [2.05, 4.69) is 26.9 Å². The van der Waals surface area contributed by atoms with Crippen LogP contribution in [0.1, 0.15) is 84.5 Å². The van der Waals surface area contributed by atoms with E-state index in [1.165, 1.54) is 5.56 Å². The maximum Gasteiger partial charge on any atom is 0.264 e. The van der Waals surface area contributed by atoms with Gasteiger partial charge in [-0.15, -0.1) is 0 Å². The number of methoxy groups -OCH3 is 1. The SMILES string of the molecule is CO[C@]1(Cc2noc(C)c2C)/C=C/C[C@H](C)[C@@H](C)S(=O)(=O)NC(=O)c2ccc3c(c2)N(CCCCc2cc(Cl)ccc2CO3)C[C@@H]2CC[C@H]21. The number of benzene rings is 2. The molecule has 1 aliphatic carbocycles. The predicted molar refractivity (Wildman–Crippen MR) is 192 cm³/mol. The number of nitrogens with zero attached hydrogens (tertiary/aromatic N) is 2. The Morgan fingerprint density at radius 3 is 2.63 bits per heavy atom. The van der Waals surface area contributed by atoms with E-state index in [1.54, 1.807) is 32.2 Å². The Kier molecular flexibility index (Phi) is 10.5. The number of rotatable bonds is 3. The Bertz CT molecular complexity index is 1820. The molecule has 2 aromatic carbocycles. The van der Waals surface area contributed by atoms with Crippen molar-refractivity contribution < 1.29 is 27.2 Å². The zero-order chi connectivity index (χ0) is 34.9. The molecule has 0 radical (unpaired) electrons. The number of carbonyl (C=O) groups excluding carboxylic acids is 1. The zero-order valence-corrected chi connectivity index (χ0v) is 30.7. The third-order valence-electron chi connectivity index (χ3n) is 11.2. The van der Waals surface area contributed by atoms with Gasteiger partial charge >= 0.3 is 0 Å². The van der Waals surface area contributed by atoms with Crippen molar-refractivity contribution >= 4 is 33.2 Å². The molecule has 0 saturated heterocycles. The maximum absolute atomic E-state index is 13.5. The lowest BCUT2D eigenvalue weighted by molar-refractivity contribution is -0.0753. The van der Waals surface area contributed by atoms with Crippen LogP contribution >= 0.6 is 11.6 Å². The van der Waals surface area contributed by atoms with Gasteiger partial charge in [-0.3, -0.25) is 4.79 Å². The van der Waals surface area contributed by atoms with Crippen LogP contribution in [0.2, 0.25) is 5.02 Å². The maximum atomic E-state index is 13.5. The van der Waals surface area contributed by atoms with E-state index in [-0.39, 0.29) is 23.3 Å². The molecule has 2 aliphatic heterocycles. The quantitative estimate of drug-likeness (QED) is 0.281. The molecule has 1 aromatic heterocycles. The highest BCUT2D eigenvalue weighted by Gasteiger charge is 2.48.